The molecule has 6 heteroatoms. The average molecular weight is 402 g/mol. The van der Waals surface area contributed by atoms with Crippen LogP contribution in [0.5, 0.6) is 11.5 Å². The summed E-state index contributed by atoms with van der Waals surface area (Å²) in [5.74, 6) is 2.69. The van der Waals surface area contributed by atoms with Crippen LogP contribution < -0.4 is 14.5 Å². The Morgan fingerprint density at radius 2 is 1.57 bits per heavy atom. The molecule has 1 amide bonds. The first kappa shape index (κ1) is 19.8. The van der Waals surface area contributed by atoms with Gasteiger partial charge in [-0.2, -0.15) is 0 Å². The lowest BCUT2D eigenvalue weighted by atomic mass is 10.2. The van der Waals surface area contributed by atoms with Crippen molar-refractivity contribution in [3.8, 4) is 11.5 Å². The normalized spacial score (nSPS) is 13.8. The van der Waals surface area contributed by atoms with Gasteiger partial charge in [0.15, 0.2) is 0 Å². The molecule has 0 N–H and O–H groups in total. The number of hydrogen-bond acceptors (Lipinski definition) is 5. The van der Waals surface area contributed by atoms with E-state index in [0.717, 1.165) is 36.1 Å². The van der Waals surface area contributed by atoms with E-state index < -0.39 is 0 Å². The Balaban J connectivity index is 1.28. The number of nitrogens with zero attached hydrogens (tertiary/aromatic N) is 4. The maximum absolute atomic E-state index is 12.8. The Bertz CT molecular complexity index is 940. The zero-order valence-electron chi connectivity index (χ0n) is 17.1. The summed E-state index contributed by atoms with van der Waals surface area (Å²) in [6.45, 7) is 3.39. The van der Waals surface area contributed by atoms with E-state index in [2.05, 4.69) is 9.88 Å². The van der Waals surface area contributed by atoms with E-state index in [1.807, 2.05) is 89.6 Å². The number of pyridine rings is 1. The number of piperazine rings is 1. The molecule has 1 aromatic heterocycles. The second-order valence-electron chi connectivity index (χ2n) is 7.32. The lowest BCUT2D eigenvalue weighted by Crippen LogP contribution is -2.51. The van der Waals surface area contributed by atoms with Crippen molar-refractivity contribution < 1.29 is 9.53 Å². The van der Waals surface area contributed by atoms with E-state index in [9.17, 15) is 4.79 Å². The predicted molar refractivity (Wildman–Crippen MR) is 119 cm³/mol. The van der Waals surface area contributed by atoms with E-state index in [1.165, 1.54) is 0 Å². The first-order valence-electron chi connectivity index (χ1n) is 10.2. The van der Waals surface area contributed by atoms with Gasteiger partial charge in [0.1, 0.15) is 17.3 Å². The molecule has 0 bridgehead atoms. The molecule has 3 aromatic rings. The Labute approximate surface area is 177 Å². The number of benzene rings is 2. The average Bonchev–Trinajstić information content (AvgIpc) is 2.81. The topological polar surface area (TPSA) is 48.9 Å². The van der Waals surface area contributed by atoms with Crippen LogP contribution in [-0.4, -0.2) is 55.6 Å². The first-order valence-corrected chi connectivity index (χ1v) is 10.2. The van der Waals surface area contributed by atoms with Gasteiger partial charge >= 0.3 is 0 Å². The second-order valence-corrected chi connectivity index (χ2v) is 7.32. The standard InChI is InChI=1S/C24H26N4O2/c1-26(20-10-12-22(13-11-20)30-21-7-3-2-4-8-21)19-24(29)28-17-15-27(16-18-28)23-9-5-6-14-25-23/h2-14H,15-19H2,1H3. The fraction of sp³-hybridized carbons (Fsp3) is 0.250. The largest absolute Gasteiger partial charge is 0.457 e. The van der Waals surface area contributed by atoms with Crippen molar-refractivity contribution in [2.45, 2.75) is 0 Å². The summed E-state index contributed by atoms with van der Waals surface area (Å²) >= 11 is 0. The Hall–Kier alpha value is -3.54. The van der Waals surface area contributed by atoms with Gasteiger partial charge in [-0.1, -0.05) is 24.3 Å². The summed E-state index contributed by atoms with van der Waals surface area (Å²) in [7, 11) is 1.94. The number of ether oxygens (including phenoxy) is 1. The molecular formula is C24H26N4O2. The predicted octanol–water partition coefficient (Wildman–Crippen LogP) is 3.66. The number of anilines is 2. The minimum Gasteiger partial charge on any atom is -0.457 e. The molecule has 6 nitrogen and oxygen atoms in total. The molecule has 154 valence electrons. The molecule has 1 aliphatic rings. The van der Waals surface area contributed by atoms with Crippen molar-refractivity contribution in [2.24, 2.45) is 0 Å². The van der Waals surface area contributed by atoms with Gasteiger partial charge < -0.3 is 19.4 Å². The van der Waals surface area contributed by atoms with Crippen molar-refractivity contribution >= 4 is 17.4 Å². The van der Waals surface area contributed by atoms with Gasteiger partial charge in [0, 0.05) is 45.1 Å². The maximum Gasteiger partial charge on any atom is 0.242 e. The summed E-state index contributed by atoms with van der Waals surface area (Å²) in [5, 5.41) is 0. The van der Waals surface area contributed by atoms with Crippen molar-refractivity contribution in [3.05, 3.63) is 79.0 Å². The van der Waals surface area contributed by atoms with E-state index in [4.69, 9.17) is 4.74 Å². The summed E-state index contributed by atoms with van der Waals surface area (Å²) in [5.41, 5.74) is 0.982. The fourth-order valence-electron chi connectivity index (χ4n) is 3.51. The maximum atomic E-state index is 12.8. The van der Waals surface area contributed by atoms with Crippen LogP contribution in [0.25, 0.3) is 0 Å². The van der Waals surface area contributed by atoms with Crippen molar-refractivity contribution in [1.82, 2.24) is 9.88 Å². The van der Waals surface area contributed by atoms with Crippen molar-refractivity contribution in [3.63, 3.8) is 0 Å². The third-order valence-electron chi connectivity index (χ3n) is 5.23. The minimum absolute atomic E-state index is 0.141. The van der Waals surface area contributed by atoms with Crippen LogP contribution in [-0.2, 0) is 4.79 Å². The number of amides is 1. The summed E-state index contributed by atoms with van der Waals surface area (Å²) < 4.78 is 5.83. The molecule has 1 fully saturated rings. The van der Waals surface area contributed by atoms with Crippen molar-refractivity contribution in [1.29, 1.82) is 0 Å². The highest BCUT2D eigenvalue weighted by Gasteiger charge is 2.22. The molecule has 0 spiro atoms. The molecule has 1 aliphatic heterocycles. The first-order chi connectivity index (χ1) is 14.7. The quantitative estimate of drug-likeness (QED) is 0.630. The van der Waals surface area contributed by atoms with Crippen LogP contribution in [0.15, 0.2) is 79.0 Å². The van der Waals surface area contributed by atoms with Gasteiger partial charge in [0.25, 0.3) is 0 Å². The van der Waals surface area contributed by atoms with Gasteiger partial charge in [0.05, 0.1) is 6.54 Å². The van der Waals surface area contributed by atoms with Crippen LogP contribution >= 0.6 is 0 Å². The number of hydrogen-bond donors (Lipinski definition) is 0. The van der Waals surface area contributed by atoms with Gasteiger partial charge in [-0.25, -0.2) is 4.98 Å². The minimum atomic E-state index is 0.141. The molecule has 1 saturated heterocycles. The van der Waals surface area contributed by atoms with Crippen LogP contribution in [0, 0.1) is 0 Å². The van der Waals surface area contributed by atoms with Crippen molar-refractivity contribution in [2.75, 3.05) is 49.6 Å². The number of para-hydroxylation sites is 1. The lowest BCUT2D eigenvalue weighted by Gasteiger charge is -2.36. The van der Waals surface area contributed by atoms with Crippen LogP contribution in [0.4, 0.5) is 11.5 Å². The Kier molecular flexibility index (Phi) is 6.13. The second kappa shape index (κ2) is 9.31. The van der Waals surface area contributed by atoms with E-state index in [0.29, 0.717) is 19.6 Å². The molecule has 0 atom stereocenters. The van der Waals surface area contributed by atoms with Crippen LogP contribution in [0.1, 0.15) is 0 Å². The summed E-state index contributed by atoms with van der Waals surface area (Å²) in [4.78, 5) is 23.3. The molecule has 0 saturated carbocycles. The van der Waals surface area contributed by atoms with E-state index >= 15 is 0 Å². The lowest BCUT2D eigenvalue weighted by molar-refractivity contribution is -0.129. The highest BCUT2D eigenvalue weighted by molar-refractivity contribution is 5.81. The fourth-order valence-corrected chi connectivity index (χ4v) is 3.51. The Morgan fingerprint density at radius 1 is 0.900 bits per heavy atom. The third kappa shape index (κ3) is 4.89. The van der Waals surface area contributed by atoms with Crippen LogP contribution in [0.3, 0.4) is 0 Å². The Morgan fingerprint density at radius 3 is 2.23 bits per heavy atom. The molecule has 4 rings (SSSR count). The van der Waals surface area contributed by atoms with Gasteiger partial charge in [-0.3, -0.25) is 4.79 Å². The van der Waals surface area contributed by atoms with Gasteiger partial charge in [0.2, 0.25) is 5.91 Å². The van der Waals surface area contributed by atoms with Crippen LogP contribution in [0.2, 0.25) is 0 Å². The highest BCUT2D eigenvalue weighted by Crippen LogP contribution is 2.24. The molecule has 2 aromatic carbocycles. The SMILES string of the molecule is CN(CC(=O)N1CCN(c2ccccn2)CC1)c1ccc(Oc2ccccc2)cc1. The molecule has 0 unspecified atom stereocenters. The number of carbonyl (C=O) groups is 1. The molecule has 0 aliphatic carbocycles. The summed E-state index contributed by atoms with van der Waals surface area (Å²) in [6.07, 6.45) is 1.80. The monoisotopic (exact) mass is 402 g/mol. The summed E-state index contributed by atoms with van der Waals surface area (Å²) in [6, 6.07) is 23.4. The highest BCUT2D eigenvalue weighted by atomic mass is 16.5. The molecular weight excluding hydrogens is 376 g/mol. The number of rotatable bonds is 6. The smallest absolute Gasteiger partial charge is 0.242 e. The van der Waals surface area contributed by atoms with E-state index in [-0.39, 0.29) is 5.91 Å². The van der Waals surface area contributed by atoms with Gasteiger partial charge in [-0.05, 0) is 48.5 Å². The number of likely N-dealkylation sites (N-methyl/N-ethyl adjacent to an activating group) is 1. The zero-order valence-corrected chi connectivity index (χ0v) is 17.1. The zero-order chi connectivity index (χ0) is 20.8. The molecule has 0 radical (unpaired) electrons. The molecule has 30 heavy (non-hydrogen) atoms. The van der Waals surface area contributed by atoms with Gasteiger partial charge in [-0.15, -0.1) is 0 Å². The third-order valence-corrected chi connectivity index (χ3v) is 5.23. The molecule has 2 heterocycles. The number of carbonyl (C=O) groups excluding carboxylic acids is 1. The number of aromatic nitrogens is 1. The van der Waals surface area contributed by atoms with E-state index in [1.54, 1.807) is 6.20 Å².